The second-order valence-electron chi connectivity index (χ2n) is 6.30. The predicted octanol–water partition coefficient (Wildman–Crippen LogP) is 2.98. The van der Waals surface area contributed by atoms with Crippen LogP contribution in [0.4, 0.5) is 11.4 Å². The second-order valence-corrected chi connectivity index (χ2v) is 6.70. The van der Waals surface area contributed by atoms with E-state index in [1.165, 1.54) is 18.2 Å². The lowest BCUT2D eigenvalue weighted by atomic mass is 10.1. The van der Waals surface area contributed by atoms with Crippen LogP contribution in [0.1, 0.15) is 32.1 Å². The molecule has 8 heteroatoms. The van der Waals surface area contributed by atoms with Crippen LogP contribution in [0, 0.1) is 16.0 Å². The summed E-state index contributed by atoms with van der Waals surface area (Å²) in [6, 6.07) is 4.15. The highest BCUT2D eigenvalue weighted by Gasteiger charge is 2.38. The van der Waals surface area contributed by atoms with E-state index in [1.54, 1.807) is 0 Å². The Labute approximate surface area is 144 Å². The SMILES string of the molecule is O=C(Nc1ccc([N+](=O)[O-])cc1Cl)[C@H]1CC(=O)N(C2CCCC2)C1. The number of halogens is 1. The average molecular weight is 352 g/mol. The van der Waals surface area contributed by atoms with Gasteiger partial charge in [0.15, 0.2) is 0 Å². The molecule has 1 aromatic rings. The molecule has 24 heavy (non-hydrogen) atoms. The van der Waals surface area contributed by atoms with Gasteiger partial charge in [-0.25, -0.2) is 0 Å². The fraction of sp³-hybridized carbons (Fsp3) is 0.500. The molecule has 0 radical (unpaired) electrons. The summed E-state index contributed by atoms with van der Waals surface area (Å²) in [5, 5.41) is 13.5. The van der Waals surface area contributed by atoms with E-state index in [9.17, 15) is 19.7 Å². The highest BCUT2D eigenvalue weighted by molar-refractivity contribution is 6.34. The number of likely N-dealkylation sites (tertiary alicyclic amines) is 1. The predicted molar refractivity (Wildman–Crippen MR) is 88.8 cm³/mol. The van der Waals surface area contributed by atoms with Crippen molar-refractivity contribution in [1.29, 1.82) is 0 Å². The molecule has 1 aliphatic heterocycles. The van der Waals surface area contributed by atoms with Crippen LogP contribution in [-0.4, -0.2) is 34.2 Å². The van der Waals surface area contributed by atoms with Crippen LogP contribution in [0.15, 0.2) is 18.2 Å². The molecule has 0 bridgehead atoms. The zero-order valence-corrected chi connectivity index (χ0v) is 13.8. The number of carbonyl (C=O) groups excluding carboxylic acids is 2. The number of anilines is 1. The number of nitrogens with zero attached hydrogens (tertiary/aromatic N) is 2. The van der Waals surface area contributed by atoms with E-state index < -0.39 is 10.8 Å². The summed E-state index contributed by atoms with van der Waals surface area (Å²) in [6.07, 6.45) is 4.48. The number of rotatable bonds is 4. The van der Waals surface area contributed by atoms with Gasteiger partial charge in [-0.15, -0.1) is 0 Å². The smallest absolute Gasteiger partial charge is 0.271 e. The van der Waals surface area contributed by atoms with Gasteiger partial charge < -0.3 is 10.2 Å². The average Bonchev–Trinajstić information content (AvgIpc) is 3.18. The molecule has 1 aromatic carbocycles. The summed E-state index contributed by atoms with van der Waals surface area (Å²) >= 11 is 5.99. The van der Waals surface area contributed by atoms with Crippen molar-refractivity contribution in [2.75, 3.05) is 11.9 Å². The first kappa shape index (κ1) is 16.7. The van der Waals surface area contributed by atoms with Gasteiger partial charge in [-0.3, -0.25) is 19.7 Å². The summed E-state index contributed by atoms with van der Waals surface area (Å²) in [4.78, 5) is 36.6. The van der Waals surface area contributed by atoms with Gasteiger partial charge in [0.05, 0.1) is 21.6 Å². The number of hydrogen-bond acceptors (Lipinski definition) is 4. The van der Waals surface area contributed by atoms with E-state index in [4.69, 9.17) is 11.6 Å². The zero-order valence-electron chi connectivity index (χ0n) is 13.0. The number of non-ortho nitro benzene ring substituents is 1. The summed E-state index contributed by atoms with van der Waals surface area (Å²) in [5.41, 5.74) is 0.181. The van der Waals surface area contributed by atoms with Gasteiger partial charge in [0.1, 0.15) is 0 Å². The Balaban J connectivity index is 1.65. The lowest BCUT2D eigenvalue weighted by Gasteiger charge is -2.23. The molecule has 1 heterocycles. The first-order chi connectivity index (χ1) is 11.5. The first-order valence-electron chi connectivity index (χ1n) is 8.00. The van der Waals surface area contributed by atoms with Crippen LogP contribution in [0.25, 0.3) is 0 Å². The quantitative estimate of drug-likeness (QED) is 0.666. The molecule has 128 valence electrons. The van der Waals surface area contributed by atoms with Gasteiger partial charge in [0, 0.05) is 31.1 Å². The second kappa shape index (κ2) is 6.76. The van der Waals surface area contributed by atoms with E-state index >= 15 is 0 Å². The molecule has 2 amide bonds. The Morgan fingerprint density at radius 2 is 2.04 bits per heavy atom. The fourth-order valence-electron chi connectivity index (χ4n) is 3.43. The van der Waals surface area contributed by atoms with Crippen LogP contribution in [0.5, 0.6) is 0 Å². The minimum Gasteiger partial charge on any atom is -0.339 e. The van der Waals surface area contributed by atoms with Crippen molar-refractivity contribution >= 4 is 34.8 Å². The van der Waals surface area contributed by atoms with Crippen molar-refractivity contribution in [1.82, 2.24) is 4.90 Å². The van der Waals surface area contributed by atoms with Crippen LogP contribution >= 0.6 is 11.6 Å². The van der Waals surface area contributed by atoms with Gasteiger partial charge in [-0.05, 0) is 18.9 Å². The van der Waals surface area contributed by atoms with Crippen molar-refractivity contribution in [3.8, 4) is 0 Å². The van der Waals surface area contributed by atoms with Gasteiger partial charge in [-0.1, -0.05) is 24.4 Å². The lowest BCUT2D eigenvalue weighted by molar-refractivity contribution is -0.384. The Morgan fingerprint density at radius 3 is 2.67 bits per heavy atom. The van der Waals surface area contributed by atoms with Crippen molar-refractivity contribution in [2.24, 2.45) is 5.92 Å². The lowest BCUT2D eigenvalue weighted by Crippen LogP contribution is -2.35. The van der Waals surface area contributed by atoms with Gasteiger partial charge in [0.25, 0.3) is 5.69 Å². The third kappa shape index (κ3) is 3.36. The van der Waals surface area contributed by atoms with Gasteiger partial charge >= 0.3 is 0 Å². The number of hydrogen-bond donors (Lipinski definition) is 1. The van der Waals surface area contributed by atoms with E-state index in [0.717, 1.165) is 25.7 Å². The molecular weight excluding hydrogens is 334 g/mol. The maximum absolute atomic E-state index is 12.4. The Morgan fingerprint density at radius 1 is 1.33 bits per heavy atom. The number of amides is 2. The molecule has 1 N–H and O–H groups in total. The number of carbonyl (C=O) groups is 2. The van der Waals surface area contributed by atoms with Crippen molar-refractivity contribution < 1.29 is 14.5 Å². The summed E-state index contributed by atoms with van der Waals surface area (Å²) < 4.78 is 0. The third-order valence-corrected chi connectivity index (χ3v) is 5.03. The standard InChI is InChI=1S/C16H18ClN3O4/c17-13-8-12(20(23)24)5-6-14(13)18-16(22)10-7-15(21)19(9-10)11-3-1-2-4-11/h5-6,8,10-11H,1-4,7,9H2,(H,18,22)/t10-/m0/s1. The van der Waals surface area contributed by atoms with Crippen molar-refractivity contribution in [3.63, 3.8) is 0 Å². The molecule has 0 unspecified atom stereocenters. The highest BCUT2D eigenvalue weighted by Crippen LogP contribution is 2.31. The van der Waals surface area contributed by atoms with Crippen molar-refractivity contribution in [2.45, 2.75) is 38.1 Å². The van der Waals surface area contributed by atoms with E-state index in [-0.39, 0.29) is 35.0 Å². The molecule has 1 atom stereocenters. The van der Waals surface area contributed by atoms with Gasteiger partial charge in [0.2, 0.25) is 11.8 Å². The van der Waals surface area contributed by atoms with Crippen LogP contribution in [-0.2, 0) is 9.59 Å². The monoisotopic (exact) mass is 351 g/mol. The Hall–Kier alpha value is -2.15. The molecular formula is C16H18ClN3O4. The number of nitro groups is 1. The van der Waals surface area contributed by atoms with Crippen molar-refractivity contribution in [3.05, 3.63) is 33.3 Å². The maximum Gasteiger partial charge on any atom is 0.271 e. The number of nitrogens with one attached hydrogen (secondary N) is 1. The molecule has 1 aliphatic carbocycles. The van der Waals surface area contributed by atoms with Gasteiger partial charge in [-0.2, -0.15) is 0 Å². The molecule has 1 saturated carbocycles. The molecule has 7 nitrogen and oxygen atoms in total. The molecule has 0 aromatic heterocycles. The minimum absolute atomic E-state index is 0.0249. The third-order valence-electron chi connectivity index (χ3n) is 4.72. The molecule has 0 spiro atoms. The zero-order chi connectivity index (χ0) is 17.3. The molecule has 2 aliphatic rings. The highest BCUT2D eigenvalue weighted by atomic mass is 35.5. The topological polar surface area (TPSA) is 92.5 Å². The molecule has 1 saturated heterocycles. The van der Waals surface area contributed by atoms with E-state index in [0.29, 0.717) is 12.2 Å². The molecule has 2 fully saturated rings. The first-order valence-corrected chi connectivity index (χ1v) is 8.38. The minimum atomic E-state index is -0.549. The maximum atomic E-state index is 12.4. The number of benzene rings is 1. The summed E-state index contributed by atoms with van der Waals surface area (Å²) in [7, 11) is 0. The summed E-state index contributed by atoms with van der Waals surface area (Å²) in [5.74, 6) is -0.666. The largest absolute Gasteiger partial charge is 0.339 e. The normalized spacial score (nSPS) is 21.3. The van der Waals surface area contributed by atoms with Crippen LogP contribution < -0.4 is 5.32 Å². The fourth-order valence-corrected chi connectivity index (χ4v) is 3.65. The van der Waals surface area contributed by atoms with E-state index in [1.807, 2.05) is 4.90 Å². The summed E-state index contributed by atoms with van der Waals surface area (Å²) in [6.45, 7) is 0.430. The number of nitro benzene ring substituents is 1. The van der Waals surface area contributed by atoms with Crippen LogP contribution in [0.2, 0.25) is 5.02 Å². The Bertz CT molecular complexity index is 688. The molecule has 3 rings (SSSR count). The van der Waals surface area contributed by atoms with E-state index in [2.05, 4.69) is 5.32 Å². The Kier molecular flexibility index (Phi) is 4.71. The van der Waals surface area contributed by atoms with Crippen LogP contribution in [0.3, 0.4) is 0 Å².